The molecule has 1 fully saturated rings. The Labute approximate surface area is 209 Å². The summed E-state index contributed by atoms with van der Waals surface area (Å²) in [7, 11) is 0. The lowest BCUT2D eigenvalue weighted by atomic mass is 9.79. The second-order valence-corrected chi connectivity index (χ2v) is 10.1. The molecule has 1 saturated carbocycles. The van der Waals surface area contributed by atoms with Gasteiger partial charge < -0.3 is 10.4 Å². The molecule has 35 heavy (non-hydrogen) atoms. The van der Waals surface area contributed by atoms with Crippen LogP contribution in [0.5, 0.6) is 0 Å². The minimum atomic E-state index is -4.29. The van der Waals surface area contributed by atoms with Crippen molar-refractivity contribution < 1.29 is 23.1 Å². The van der Waals surface area contributed by atoms with Crippen LogP contribution in [0.2, 0.25) is 5.02 Å². The maximum absolute atomic E-state index is 13.0. The predicted octanol–water partition coefficient (Wildman–Crippen LogP) is 5.59. The van der Waals surface area contributed by atoms with Gasteiger partial charge in [0.25, 0.3) is 5.91 Å². The fourth-order valence-corrected chi connectivity index (χ4v) is 4.79. The van der Waals surface area contributed by atoms with Crippen LogP contribution in [0.3, 0.4) is 0 Å². The third kappa shape index (κ3) is 6.36. The van der Waals surface area contributed by atoms with Gasteiger partial charge >= 0.3 is 6.18 Å². The van der Waals surface area contributed by atoms with Crippen molar-refractivity contribution in [3.05, 3.63) is 34.2 Å². The van der Waals surface area contributed by atoms with Gasteiger partial charge in [0.05, 0.1) is 22.2 Å². The Morgan fingerprint density at radius 1 is 1.34 bits per heavy atom. The van der Waals surface area contributed by atoms with E-state index >= 15 is 0 Å². The van der Waals surface area contributed by atoms with Gasteiger partial charge in [-0.3, -0.25) is 14.5 Å². The van der Waals surface area contributed by atoms with Crippen LogP contribution in [-0.2, 0) is 19.4 Å². The molecule has 0 aromatic carbocycles. The molecule has 1 amide bonds. The monoisotopic (exact) mass is 514 g/mol. The summed E-state index contributed by atoms with van der Waals surface area (Å²) in [6, 6.07) is 1.67. The molecule has 6 nitrogen and oxygen atoms in total. The Hall–Kier alpha value is -2.13. The largest absolute Gasteiger partial charge is 0.391 e. The molecule has 0 spiro atoms. The second-order valence-electron chi connectivity index (χ2n) is 9.75. The number of pyridine rings is 1. The molecule has 10 heteroatoms. The molecule has 2 aromatic rings. The predicted molar refractivity (Wildman–Crippen MR) is 129 cm³/mol. The van der Waals surface area contributed by atoms with Gasteiger partial charge in [-0.25, -0.2) is 0 Å². The van der Waals surface area contributed by atoms with E-state index in [0.717, 1.165) is 25.3 Å². The third-order valence-corrected chi connectivity index (χ3v) is 7.31. The Balaban J connectivity index is 1.85. The van der Waals surface area contributed by atoms with Crippen LogP contribution in [0.15, 0.2) is 12.3 Å². The SMILES string of the molecule is CCc1cc(C[C@@H](C)C(F)(F)F)ncc1-c1c(Cl)c(C(=O)NCC2(O)CCC(C)CC2)nn1CC. The van der Waals surface area contributed by atoms with E-state index in [1.54, 1.807) is 10.7 Å². The van der Waals surface area contributed by atoms with Crippen LogP contribution in [0, 0.1) is 11.8 Å². The average Bonchev–Trinajstić information content (AvgIpc) is 3.15. The van der Waals surface area contributed by atoms with Crippen LogP contribution in [-0.4, -0.2) is 44.1 Å². The number of hydrogen-bond acceptors (Lipinski definition) is 4. The van der Waals surface area contributed by atoms with Crippen molar-refractivity contribution in [1.82, 2.24) is 20.1 Å². The van der Waals surface area contributed by atoms with Crippen molar-refractivity contribution in [2.75, 3.05) is 6.54 Å². The fraction of sp³-hybridized carbons (Fsp3) is 0.640. The number of carbonyl (C=O) groups excluding carboxylic acids is 1. The van der Waals surface area contributed by atoms with Crippen LogP contribution in [0.1, 0.15) is 75.1 Å². The zero-order valence-electron chi connectivity index (χ0n) is 20.7. The number of rotatable bonds is 8. The van der Waals surface area contributed by atoms with Crippen LogP contribution in [0.4, 0.5) is 13.2 Å². The van der Waals surface area contributed by atoms with Gasteiger partial charge in [0, 0.05) is 37.0 Å². The summed E-state index contributed by atoms with van der Waals surface area (Å²) < 4.78 is 40.6. The molecule has 1 aliphatic carbocycles. The minimum Gasteiger partial charge on any atom is -0.388 e. The number of hydrogen-bond donors (Lipinski definition) is 2. The quantitative estimate of drug-likeness (QED) is 0.481. The maximum atomic E-state index is 13.0. The van der Waals surface area contributed by atoms with Crippen LogP contribution < -0.4 is 5.32 Å². The molecule has 0 bridgehead atoms. The molecule has 0 unspecified atom stereocenters. The average molecular weight is 515 g/mol. The lowest BCUT2D eigenvalue weighted by molar-refractivity contribution is -0.169. The Bertz CT molecular complexity index is 1050. The summed E-state index contributed by atoms with van der Waals surface area (Å²) in [5, 5.41) is 18.1. The molecule has 0 saturated heterocycles. The molecule has 1 aliphatic rings. The number of nitrogens with one attached hydrogen (secondary N) is 1. The van der Waals surface area contributed by atoms with Gasteiger partial charge in [-0.2, -0.15) is 18.3 Å². The Kier molecular flexibility index (Phi) is 8.52. The van der Waals surface area contributed by atoms with E-state index in [2.05, 4.69) is 22.3 Å². The number of alkyl halides is 3. The van der Waals surface area contributed by atoms with E-state index in [1.165, 1.54) is 6.20 Å². The van der Waals surface area contributed by atoms with Crippen molar-refractivity contribution >= 4 is 17.5 Å². The van der Waals surface area contributed by atoms with E-state index in [-0.39, 0.29) is 23.7 Å². The van der Waals surface area contributed by atoms with Crippen molar-refractivity contribution in [3.8, 4) is 11.3 Å². The number of aromatic nitrogens is 3. The molecule has 0 radical (unpaired) electrons. The van der Waals surface area contributed by atoms with Gasteiger partial charge in [-0.15, -0.1) is 0 Å². The zero-order chi connectivity index (χ0) is 26.0. The second kappa shape index (κ2) is 10.9. The first-order valence-electron chi connectivity index (χ1n) is 12.2. The molecule has 2 heterocycles. The first kappa shape index (κ1) is 27.5. The van der Waals surface area contributed by atoms with E-state index in [0.29, 0.717) is 48.7 Å². The van der Waals surface area contributed by atoms with Crippen molar-refractivity contribution in [1.29, 1.82) is 0 Å². The molecule has 3 rings (SSSR count). The fourth-order valence-electron chi connectivity index (χ4n) is 4.47. The highest BCUT2D eigenvalue weighted by atomic mass is 35.5. The van der Waals surface area contributed by atoms with E-state index in [4.69, 9.17) is 11.6 Å². The van der Waals surface area contributed by atoms with Gasteiger partial charge in [0.15, 0.2) is 5.69 Å². The molecule has 2 aromatic heterocycles. The Morgan fingerprint density at radius 2 is 2.00 bits per heavy atom. The van der Waals surface area contributed by atoms with Crippen molar-refractivity contribution in [2.24, 2.45) is 11.8 Å². The van der Waals surface area contributed by atoms with E-state index in [1.807, 2.05) is 13.8 Å². The summed E-state index contributed by atoms with van der Waals surface area (Å²) in [4.78, 5) is 17.2. The highest BCUT2D eigenvalue weighted by molar-refractivity contribution is 6.36. The number of amides is 1. The van der Waals surface area contributed by atoms with Crippen LogP contribution >= 0.6 is 11.6 Å². The highest BCUT2D eigenvalue weighted by Crippen LogP contribution is 2.35. The first-order valence-corrected chi connectivity index (χ1v) is 12.6. The lowest BCUT2D eigenvalue weighted by Crippen LogP contribution is -2.45. The van der Waals surface area contributed by atoms with Crippen molar-refractivity contribution in [3.63, 3.8) is 0 Å². The number of carbonyl (C=O) groups is 1. The zero-order valence-corrected chi connectivity index (χ0v) is 21.4. The number of aliphatic hydroxyl groups is 1. The molecular formula is C25H34ClF3N4O2. The summed E-state index contributed by atoms with van der Waals surface area (Å²) in [5.74, 6) is -1.42. The standard InChI is InChI=1S/C25H34ClF3N4O2/c1-5-17-12-18(11-16(4)25(27,28)29)30-13-19(17)22-20(26)21(32-33(22)6-2)23(34)31-14-24(35)9-7-15(3)8-10-24/h12-13,15-16,35H,5-11,14H2,1-4H3,(H,31,34)/t15?,16-,24?/m1/s1. The summed E-state index contributed by atoms with van der Waals surface area (Å²) in [6.07, 6.45) is 0.625. The summed E-state index contributed by atoms with van der Waals surface area (Å²) >= 11 is 6.64. The molecule has 1 atom stereocenters. The van der Waals surface area contributed by atoms with Gasteiger partial charge in [0.1, 0.15) is 0 Å². The van der Waals surface area contributed by atoms with Gasteiger partial charge in [-0.1, -0.05) is 32.4 Å². The molecular weight excluding hydrogens is 481 g/mol. The lowest BCUT2D eigenvalue weighted by Gasteiger charge is -2.34. The Morgan fingerprint density at radius 3 is 2.57 bits per heavy atom. The van der Waals surface area contributed by atoms with E-state index in [9.17, 15) is 23.1 Å². The molecule has 194 valence electrons. The smallest absolute Gasteiger partial charge is 0.388 e. The molecule has 2 N–H and O–H groups in total. The summed E-state index contributed by atoms with van der Waals surface area (Å²) in [5.41, 5.74) is 1.38. The van der Waals surface area contributed by atoms with Crippen LogP contribution in [0.25, 0.3) is 11.3 Å². The van der Waals surface area contributed by atoms with E-state index < -0.39 is 23.6 Å². The third-order valence-electron chi connectivity index (χ3n) is 6.95. The first-order chi connectivity index (χ1) is 16.4. The normalized spacial score (nSPS) is 21.7. The number of aryl methyl sites for hydroxylation is 2. The minimum absolute atomic E-state index is 0.0492. The topological polar surface area (TPSA) is 80.0 Å². The van der Waals surface area contributed by atoms with Crippen molar-refractivity contribution in [2.45, 2.75) is 84.5 Å². The number of nitrogens with zero attached hydrogens (tertiary/aromatic N) is 3. The molecule has 0 aliphatic heterocycles. The highest BCUT2D eigenvalue weighted by Gasteiger charge is 2.36. The summed E-state index contributed by atoms with van der Waals surface area (Å²) in [6.45, 7) is 7.60. The maximum Gasteiger partial charge on any atom is 0.391 e. The van der Waals surface area contributed by atoms with Gasteiger partial charge in [-0.05, 0) is 56.6 Å². The number of halogens is 4. The van der Waals surface area contributed by atoms with Gasteiger partial charge in [0.2, 0.25) is 0 Å².